The van der Waals surface area contributed by atoms with Gasteiger partial charge in [0.25, 0.3) is 0 Å². The highest BCUT2D eigenvalue weighted by molar-refractivity contribution is 5.90. The molecule has 0 atom stereocenters. The Balaban J connectivity index is 1.28. The molecule has 1 aliphatic carbocycles. The van der Waals surface area contributed by atoms with E-state index in [2.05, 4.69) is 118 Å². The molecule has 1 heterocycles. The molecule has 8 rings (SSSR count). The Bertz CT molecular complexity index is 2370. The monoisotopic (exact) mass is 629 g/mol. The molecule has 0 saturated heterocycles. The van der Waals surface area contributed by atoms with Gasteiger partial charge in [0, 0.05) is 22.1 Å². The summed E-state index contributed by atoms with van der Waals surface area (Å²) in [5.41, 5.74) is 14.6. The Hall–Kier alpha value is -6.19. The highest BCUT2D eigenvalue weighted by Crippen LogP contribution is 2.50. The van der Waals surface area contributed by atoms with Crippen LogP contribution in [0.15, 0.2) is 165 Å². The first kappa shape index (κ1) is 30.2. The molecule has 7 aromatic rings. The van der Waals surface area contributed by atoms with Gasteiger partial charge in [-0.1, -0.05) is 167 Å². The van der Waals surface area contributed by atoms with E-state index in [1.165, 1.54) is 33.4 Å². The Morgan fingerprint density at radius 2 is 0.980 bits per heavy atom. The third-order valence-corrected chi connectivity index (χ3v) is 9.68. The largest absolute Gasteiger partial charge is 0.208 e. The molecule has 3 heteroatoms. The van der Waals surface area contributed by atoms with Crippen LogP contribution in [-0.2, 0) is 5.41 Å². The molecule has 0 N–H and O–H groups in total. The van der Waals surface area contributed by atoms with Crippen molar-refractivity contribution in [3.8, 4) is 67.5 Å². The number of aromatic nitrogens is 3. The minimum absolute atomic E-state index is 0.0823. The summed E-state index contributed by atoms with van der Waals surface area (Å²) in [5.74, 6) is 1.87. The van der Waals surface area contributed by atoms with Gasteiger partial charge in [0.1, 0.15) is 0 Å². The quantitative estimate of drug-likeness (QED) is 0.165. The zero-order chi connectivity index (χ0) is 33.5. The van der Waals surface area contributed by atoms with E-state index in [-0.39, 0.29) is 5.41 Å². The van der Waals surface area contributed by atoms with E-state index in [0.29, 0.717) is 17.5 Å². The van der Waals surface area contributed by atoms with Gasteiger partial charge >= 0.3 is 0 Å². The maximum absolute atomic E-state index is 5.06. The van der Waals surface area contributed by atoms with Gasteiger partial charge in [0.2, 0.25) is 0 Å². The number of rotatable bonds is 7. The van der Waals surface area contributed by atoms with Crippen LogP contribution < -0.4 is 0 Å². The van der Waals surface area contributed by atoms with Crippen LogP contribution in [0.4, 0.5) is 0 Å². The second kappa shape index (κ2) is 12.1. The molecule has 234 valence electrons. The highest BCUT2D eigenvalue weighted by Gasteiger charge is 2.35. The molecule has 1 aromatic heterocycles. The average molecular weight is 630 g/mol. The van der Waals surface area contributed by atoms with Gasteiger partial charge in [0.05, 0.1) is 0 Å². The molecular formula is C46H35N3. The molecule has 0 fully saturated rings. The number of hydrogen-bond donors (Lipinski definition) is 0. The van der Waals surface area contributed by atoms with Crippen molar-refractivity contribution in [2.75, 3.05) is 0 Å². The van der Waals surface area contributed by atoms with Gasteiger partial charge in [-0.15, -0.1) is 0 Å². The lowest BCUT2D eigenvalue weighted by Gasteiger charge is -2.22. The van der Waals surface area contributed by atoms with Gasteiger partial charge in [-0.05, 0) is 67.8 Å². The Labute approximate surface area is 288 Å². The van der Waals surface area contributed by atoms with E-state index in [9.17, 15) is 0 Å². The second-order valence-electron chi connectivity index (χ2n) is 13.0. The van der Waals surface area contributed by atoms with Crippen molar-refractivity contribution >= 4 is 5.57 Å². The molecule has 0 spiro atoms. The van der Waals surface area contributed by atoms with Crippen LogP contribution in [0.25, 0.3) is 73.1 Å². The molecule has 0 aliphatic heterocycles. The fraction of sp³-hybridized carbons (Fsp3) is 0.0652. The Morgan fingerprint density at radius 3 is 1.65 bits per heavy atom. The molecule has 0 unspecified atom stereocenters. The van der Waals surface area contributed by atoms with E-state index >= 15 is 0 Å². The first-order valence-electron chi connectivity index (χ1n) is 16.6. The van der Waals surface area contributed by atoms with Crippen LogP contribution in [0.3, 0.4) is 0 Å². The number of hydrogen-bond acceptors (Lipinski definition) is 3. The zero-order valence-corrected chi connectivity index (χ0v) is 27.7. The van der Waals surface area contributed by atoms with Gasteiger partial charge in [-0.25, -0.2) is 15.0 Å². The summed E-state index contributed by atoms with van der Waals surface area (Å²) in [6.45, 7) is 12.6. The van der Waals surface area contributed by atoms with E-state index in [1.807, 2.05) is 54.6 Å². The summed E-state index contributed by atoms with van der Waals surface area (Å²) in [5, 5.41) is 0. The first-order valence-corrected chi connectivity index (χ1v) is 16.6. The number of benzene rings is 6. The molecule has 0 bridgehead atoms. The molecular weight excluding hydrogens is 595 g/mol. The predicted molar refractivity (Wildman–Crippen MR) is 204 cm³/mol. The minimum Gasteiger partial charge on any atom is -0.208 e. The van der Waals surface area contributed by atoms with Crippen molar-refractivity contribution < 1.29 is 0 Å². The lowest BCUT2D eigenvalue weighted by molar-refractivity contribution is 0.660. The van der Waals surface area contributed by atoms with Crippen molar-refractivity contribution in [1.82, 2.24) is 15.0 Å². The molecule has 0 amide bonds. The predicted octanol–water partition coefficient (Wildman–Crippen LogP) is 11.7. The van der Waals surface area contributed by atoms with E-state index < -0.39 is 0 Å². The summed E-state index contributed by atoms with van der Waals surface area (Å²) in [4.78, 5) is 15.0. The second-order valence-corrected chi connectivity index (χ2v) is 13.0. The van der Waals surface area contributed by atoms with E-state index in [4.69, 9.17) is 15.0 Å². The van der Waals surface area contributed by atoms with Crippen LogP contribution in [-0.4, -0.2) is 15.0 Å². The van der Waals surface area contributed by atoms with Gasteiger partial charge in [-0.2, -0.15) is 0 Å². The highest BCUT2D eigenvalue weighted by atomic mass is 15.0. The summed E-state index contributed by atoms with van der Waals surface area (Å²) in [6, 6.07) is 51.1. The average Bonchev–Trinajstić information content (AvgIpc) is 3.40. The maximum Gasteiger partial charge on any atom is 0.164 e. The van der Waals surface area contributed by atoms with Crippen LogP contribution in [0.5, 0.6) is 0 Å². The fourth-order valence-electron chi connectivity index (χ4n) is 6.97. The van der Waals surface area contributed by atoms with Gasteiger partial charge in [0.15, 0.2) is 17.5 Å². The van der Waals surface area contributed by atoms with Crippen molar-refractivity contribution in [3.63, 3.8) is 0 Å². The SMILES string of the molecule is C=CC(=C)c1ccc(-c2nc(-c3ccccc3)nc(-c3ccc(-c4ccc5c(c4)C(C)(C)c4ccccc4-5)c(-c4ccccc4)c3)n2)cc1. The number of fused-ring (bicyclic) bond motifs is 3. The van der Waals surface area contributed by atoms with Crippen molar-refractivity contribution in [1.29, 1.82) is 0 Å². The lowest BCUT2D eigenvalue weighted by Crippen LogP contribution is -2.14. The van der Waals surface area contributed by atoms with Gasteiger partial charge in [-0.3, -0.25) is 0 Å². The first-order chi connectivity index (χ1) is 23.9. The number of nitrogens with zero attached hydrogens (tertiary/aromatic N) is 3. The third kappa shape index (κ3) is 5.40. The third-order valence-electron chi connectivity index (χ3n) is 9.68. The zero-order valence-electron chi connectivity index (χ0n) is 27.7. The summed E-state index contributed by atoms with van der Waals surface area (Å²) >= 11 is 0. The Morgan fingerprint density at radius 1 is 0.469 bits per heavy atom. The molecule has 0 saturated carbocycles. The van der Waals surface area contributed by atoms with Crippen molar-refractivity contribution in [3.05, 3.63) is 182 Å². The Kier molecular flexibility index (Phi) is 7.46. The van der Waals surface area contributed by atoms with Crippen LogP contribution >= 0.6 is 0 Å². The van der Waals surface area contributed by atoms with Gasteiger partial charge < -0.3 is 0 Å². The molecule has 3 nitrogen and oxygen atoms in total. The molecule has 1 aliphatic rings. The van der Waals surface area contributed by atoms with E-state index in [1.54, 1.807) is 6.08 Å². The topological polar surface area (TPSA) is 38.7 Å². The van der Waals surface area contributed by atoms with Crippen LogP contribution in [0, 0.1) is 0 Å². The standard InChI is InChI=1S/C46H35N3/c1-5-30(2)31-20-22-34(23-21-31)44-47-43(33-16-10-7-11-17-33)48-45(49-44)36-25-26-37(40(28-36)32-14-8-6-9-15-32)35-24-27-39-38-18-12-13-19-41(38)46(3,4)42(39)29-35/h5-29H,1-2H2,3-4H3. The molecule has 49 heavy (non-hydrogen) atoms. The summed E-state index contributed by atoms with van der Waals surface area (Å²) in [6.07, 6.45) is 1.76. The molecule has 6 aromatic carbocycles. The maximum atomic E-state index is 5.06. The number of allylic oxidation sites excluding steroid dienone is 2. The summed E-state index contributed by atoms with van der Waals surface area (Å²) in [7, 11) is 0. The minimum atomic E-state index is -0.0823. The lowest BCUT2D eigenvalue weighted by atomic mass is 9.81. The van der Waals surface area contributed by atoms with E-state index in [0.717, 1.165) is 39.0 Å². The van der Waals surface area contributed by atoms with Crippen LogP contribution in [0.1, 0.15) is 30.5 Å². The summed E-state index contributed by atoms with van der Waals surface area (Å²) < 4.78 is 0. The smallest absolute Gasteiger partial charge is 0.164 e. The van der Waals surface area contributed by atoms with Crippen molar-refractivity contribution in [2.24, 2.45) is 0 Å². The van der Waals surface area contributed by atoms with Crippen molar-refractivity contribution in [2.45, 2.75) is 19.3 Å². The van der Waals surface area contributed by atoms with Crippen LogP contribution in [0.2, 0.25) is 0 Å². The fourth-order valence-corrected chi connectivity index (χ4v) is 6.97. The molecule has 0 radical (unpaired) electrons. The normalized spacial score (nSPS) is 12.6.